The van der Waals surface area contributed by atoms with E-state index in [2.05, 4.69) is 4.98 Å². The number of carbonyl (C=O) groups excluding carboxylic acids is 1. The lowest BCUT2D eigenvalue weighted by molar-refractivity contribution is -0.117. The molecule has 3 aromatic heterocycles. The lowest BCUT2D eigenvalue weighted by Crippen LogP contribution is -2.40. The molecule has 8 nitrogen and oxygen atoms in total. The first-order chi connectivity index (χ1) is 13.6. The molecule has 0 N–H and O–H groups in total. The van der Waals surface area contributed by atoms with E-state index >= 15 is 0 Å². The molecule has 9 heteroatoms. The van der Waals surface area contributed by atoms with Crippen molar-refractivity contribution in [1.29, 1.82) is 0 Å². The van der Waals surface area contributed by atoms with E-state index < -0.39 is 11.2 Å². The van der Waals surface area contributed by atoms with Crippen LogP contribution < -0.4 is 11.2 Å². The summed E-state index contributed by atoms with van der Waals surface area (Å²) in [5, 5.41) is 0.624. The van der Waals surface area contributed by atoms with E-state index in [0.717, 1.165) is 27.2 Å². The van der Waals surface area contributed by atoms with Gasteiger partial charge >= 0.3 is 5.69 Å². The molecule has 0 fully saturated rings. The van der Waals surface area contributed by atoms with Crippen LogP contribution in [0, 0.1) is 20.8 Å². The van der Waals surface area contributed by atoms with Gasteiger partial charge in [-0.2, -0.15) is 4.98 Å². The highest BCUT2D eigenvalue weighted by Crippen LogP contribution is 2.27. The number of fused-ring (bicyclic) bond motifs is 3. The fraction of sp³-hybridized carbons (Fsp3) is 0.300. The van der Waals surface area contributed by atoms with Gasteiger partial charge in [-0.15, -0.1) is 0 Å². The molecule has 1 aromatic carbocycles. The molecule has 0 aliphatic heterocycles. The number of benzene rings is 1. The summed E-state index contributed by atoms with van der Waals surface area (Å²) in [5.74, 6) is 0.228. The average Bonchev–Trinajstić information content (AvgIpc) is 3.15. The van der Waals surface area contributed by atoms with Crippen molar-refractivity contribution in [2.75, 3.05) is 0 Å². The molecular formula is C20H20ClN5O3. The number of imidazole rings is 2. The summed E-state index contributed by atoms with van der Waals surface area (Å²) in [6.07, 6.45) is 0. The average molecular weight is 414 g/mol. The van der Waals surface area contributed by atoms with Gasteiger partial charge in [-0.1, -0.05) is 17.7 Å². The Bertz CT molecular complexity index is 1450. The molecule has 0 radical (unpaired) electrons. The predicted octanol–water partition coefficient (Wildman–Crippen LogP) is 2.31. The summed E-state index contributed by atoms with van der Waals surface area (Å²) >= 11 is 6.32. The van der Waals surface area contributed by atoms with E-state index in [-0.39, 0.29) is 23.5 Å². The van der Waals surface area contributed by atoms with Crippen molar-refractivity contribution in [3.05, 3.63) is 61.0 Å². The Balaban J connectivity index is 2.18. The largest absolute Gasteiger partial charge is 0.332 e. The zero-order valence-electron chi connectivity index (χ0n) is 16.8. The van der Waals surface area contributed by atoms with E-state index in [0.29, 0.717) is 10.8 Å². The fourth-order valence-corrected chi connectivity index (χ4v) is 3.82. The summed E-state index contributed by atoms with van der Waals surface area (Å²) in [5.41, 5.74) is 2.89. The van der Waals surface area contributed by atoms with Crippen molar-refractivity contribution in [3.8, 4) is 5.69 Å². The smallest absolute Gasteiger partial charge is 0.298 e. The molecule has 0 atom stereocenters. The van der Waals surface area contributed by atoms with Gasteiger partial charge in [0.25, 0.3) is 5.56 Å². The van der Waals surface area contributed by atoms with Crippen molar-refractivity contribution in [2.45, 2.75) is 34.2 Å². The number of hydrogen-bond acceptors (Lipinski definition) is 4. The quantitative estimate of drug-likeness (QED) is 0.516. The van der Waals surface area contributed by atoms with Gasteiger partial charge in [-0.05, 0) is 45.4 Å². The molecule has 0 unspecified atom stereocenters. The molecule has 0 amide bonds. The van der Waals surface area contributed by atoms with Gasteiger partial charge in [0.2, 0.25) is 5.78 Å². The van der Waals surface area contributed by atoms with Gasteiger partial charge in [0.15, 0.2) is 11.2 Å². The second-order valence-electron chi connectivity index (χ2n) is 7.29. The maximum absolute atomic E-state index is 13.1. The van der Waals surface area contributed by atoms with E-state index in [9.17, 15) is 14.4 Å². The summed E-state index contributed by atoms with van der Waals surface area (Å²) in [6.45, 7) is 6.80. The highest BCUT2D eigenvalue weighted by Gasteiger charge is 2.23. The van der Waals surface area contributed by atoms with Gasteiger partial charge in [0, 0.05) is 23.5 Å². The van der Waals surface area contributed by atoms with Crippen molar-refractivity contribution >= 4 is 34.3 Å². The summed E-state index contributed by atoms with van der Waals surface area (Å²) < 4.78 is 5.89. The molecule has 0 aliphatic rings. The maximum atomic E-state index is 13.1. The normalized spacial score (nSPS) is 11.7. The Morgan fingerprint density at radius 3 is 2.45 bits per heavy atom. The van der Waals surface area contributed by atoms with Crippen molar-refractivity contribution in [1.82, 2.24) is 23.1 Å². The van der Waals surface area contributed by atoms with Crippen molar-refractivity contribution in [2.24, 2.45) is 7.05 Å². The van der Waals surface area contributed by atoms with Crippen LogP contribution in [0.3, 0.4) is 0 Å². The maximum Gasteiger partial charge on any atom is 0.332 e. The third kappa shape index (κ3) is 2.66. The minimum atomic E-state index is -0.572. The highest BCUT2D eigenvalue weighted by atomic mass is 35.5. The van der Waals surface area contributed by atoms with E-state index in [1.165, 1.54) is 11.5 Å². The number of halogens is 1. The number of carbonyl (C=O) groups is 1. The lowest BCUT2D eigenvalue weighted by atomic mass is 10.2. The van der Waals surface area contributed by atoms with E-state index in [1.807, 2.05) is 43.5 Å². The highest BCUT2D eigenvalue weighted by molar-refractivity contribution is 6.31. The van der Waals surface area contributed by atoms with Gasteiger partial charge in [-0.3, -0.25) is 27.7 Å². The summed E-state index contributed by atoms with van der Waals surface area (Å²) in [4.78, 5) is 42.0. The van der Waals surface area contributed by atoms with Crippen LogP contribution in [0.15, 0.2) is 27.8 Å². The Hall–Kier alpha value is -3.13. The van der Waals surface area contributed by atoms with Crippen LogP contribution in [-0.2, 0) is 18.4 Å². The zero-order chi connectivity index (χ0) is 21.2. The molecule has 0 aliphatic carbocycles. The predicted molar refractivity (Wildman–Crippen MR) is 111 cm³/mol. The number of ketones is 1. The Kier molecular flexibility index (Phi) is 4.27. The molecular weight excluding hydrogens is 394 g/mol. The first-order valence-corrected chi connectivity index (χ1v) is 9.47. The summed E-state index contributed by atoms with van der Waals surface area (Å²) in [7, 11) is 1.54. The molecule has 0 spiro atoms. The molecule has 4 aromatic rings. The fourth-order valence-electron chi connectivity index (χ4n) is 3.64. The van der Waals surface area contributed by atoms with Crippen molar-refractivity contribution < 1.29 is 4.79 Å². The standard InChI is InChI=1S/C20H20ClN5O3/c1-10-6-7-14(8-15(10)21)25-12(3)13(4)26-16-17(22-19(25)26)23(5)20(29)24(18(16)28)9-11(2)27/h6-8H,9H2,1-5H3. The monoisotopic (exact) mass is 413 g/mol. The van der Waals surface area contributed by atoms with E-state index in [4.69, 9.17) is 11.6 Å². The van der Waals surface area contributed by atoms with E-state index in [1.54, 1.807) is 11.4 Å². The third-order valence-electron chi connectivity index (χ3n) is 5.31. The molecule has 0 saturated heterocycles. The second-order valence-corrected chi connectivity index (χ2v) is 7.70. The number of aromatic nitrogens is 5. The van der Waals surface area contributed by atoms with Gasteiger partial charge in [0.1, 0.15) is 5.78 Å². The van der Waals surface area contributed by atoms with Crippen LogP contribution in [0.4, 0.5) is 0 Å². The second kappa shape index (κ2) is 6.45. The SMILES string of the molecule is CC(=O)Cn1c(=O)c2c(nc3n(-c4ccc(C)c(Cl)c4)c(C)c(C)n23)n(C)c1=O. The summed E-state index contributed by atoms with van der Waals surface area (Å²) in [6, 6.07) is 5.69. The van der Waals surface area contributed by atoms with Crippen LogP contribution in [0.25, 0.3) is 22.6 Å². The Morgan fingerprint density at radius 1 is 1.14 bits per heavy atom. The lowest BCUT2D eigenvalue weighted by Gasteiger charge is -2.08. The molecule has 29 heavy (non-hydrogen) atoms. The topological polar surface area (TPSA) is 83.3 Å². The Morgan fingerprint density at radius 2 is 1.83 bits per heavy atom. The number of Topliss-reactive ketones (excluding diaryl/α,β-unsaturated/α-hetero) is 1. The third-order valence-corrected chi connectivity index (χ3v) is 5.72. The van der Waals surface area contributed by atoms with Gasteiger partial charge in [0.05, 0.1) is 12.2 Å². The number of rotatable bonds is 3. The minimum Gasteiger partial charge on any atom is -0.298 e. The first kappa shape index (κ1) is 19.2. The van der Waals surface area contributed by atoms with Crippen LogP contribution in [0.2, 0.25) is 5.02 Å². The molecule has 4 rings (SSSR count). The van der Waals surface area contributed by atoms with Crippen LogP contribution in [0.1, 0.15) is 23.9 Å². The number of nitrogens with zero attached hydrogens (tertiary/aromatic N) is 5. The van der Waals surface area contributed by atoms with Crippen LogP contribution in [0.5, 0.6) is 0 Å². The van der Waals surface area contributed by atoms with Crippen molar-refractivity contribution in [3.63, 3.8) is 0 Å². The first-order valence-electron chi connectivity index (χ1n) is 9.09. The molecule has 0 saturated carbocycles. The molecule has 150 valence electrons. The van der Waals surface area contributed by atoms with Crippen LogP contribution >= 0.6 is 11.6 Å². The zero-order valence-corrected chi connectivity index (χ0v) is 17.5. The minimum absolute atomic E-state index is 0.265. The molecule has 3 heterocycles. The van der Waals surface area contributed by atoms with Gasteiger partial charge in [-0.25, -0.2) is 4.79 Å². The van der Waals surface area contributed by atoms with Crippen LogP contribution in [-0.4, -0.2) is 28.9 Å². The number of aryl methyl sites for hydroxylation is 3. The number of hydrogen-bond donors (Lipinski definition) is 0. The molecule has 0 bridgehead atoms. The van der Waals surface area contributed by atoms with Gasteiger partial charge < -0.3 is 0 Å². The Labute approximate surface area is 170 Å².